The summed E-state index contributed by atoms with van der Waals surface area (Å²) in [5, 5.41) is 0. The number of hydrogen-bond acceptors (Lipinski definition) is 2. The summed E-state index contributed by atoms with van der Waals surface area (Å²) in [6.45, 7) is 7.93. The van der Waals surface area contributed by atoms with Crippen molar-refractivity contribution in [1.29, 1.82) is 0 Å². The first kappa shape index (κ1) is 11.1. The van der Waals surface area contributed by atoms with Crippen LogP contribution in [0.1, 0.15) is 27.7 Å². The fraction of sp³-hybridized carbons (Fsp3) is 0.600. The molecule has 0 unspecified atom stereocenters. The van der Waals surface area contributed by atoms with Gasteiger partial charge in [0.25, 0.3) is 0 Å². The molecule has 0 heterocycles. The van der Waals surface area contributed by atoms with Gasteiger partial charge in [-0.3, -0.25) is 0 Å². The van der Waals surface area contributed by atoms with Crippen molar-refractivity contribution in [3.63, 3.8) is 0 Å². The lowest BCUT2D eigenvalue weighted by molar-refractivity contribution is -0.0914. The Morgan fingerprint density at radius 2 is 1.33 bits per heavy atom. The highest BCUT2D eigenvalue weighted by atomic mass is 16.7. The van der Waals surface area contributed by atoms with Gasteiger partial charge < -0.3 is 9.47 Å². The van der Waals surface area contributed by atoms with Crippen LogP contribution < -0.4 is 0 Å². The van der Waals surface area contributed by atoms with Crippen LogP contribution in [0.5, 0.6) is 0 Å². The second-order valence-electron chi connectivity index (χ2n) is 2.82. The van der Waals surface area contributed by atoms with Gasteiger partial charge in [0, 0.05) is 5.92 Å². The SMILES string of the molecule is C/C=C\OC(O/C=C\C)C(C)C. The first-order valence-corrected chi connectivity index (χ1v) is 4.25. The molecule has 0 aliphatic carbocycles. The van der Waals surface area contributed by atoms with E-state index in [-0.39, 0.29) is 6.29 Å². The van der Waals surface area contributed by atoms with Crippen molar-refractivity contribution in [3.05, 3.63) is 24.7 Å². The molecule has 0 aliphatic heterocycles. The molecule has 70 valence electrons. The van der Waals surface area contributed by atoms with Crippen LogP contribution in [0.3, 0.4) is 0 Å². The quantitative estimate of drug-likeness (QED) is 0.466. The highest BCUT2D eigenvalue weighted by Gasteiger charge is 2.11. The van der Waals surface area contributed by atoms with Gasteiger partial charge in [0.15, 0.2) is 0 Å². The molecular formula is C10H18O2. The standard InChI is InChI=1S/C10H18O2/c1-5-7-11-10(9(3)4)12-8-6-2/h5-10H,1-4H3/b7-5-,8-6-. The third-order valence-corrected chi connectivity index (χ3v) is 1.24. The summed E-state index contributed by atoms with van der Waals surface area (Å²) in [4.78, 5) is 0. The predicted octanol–water partition coefficient (Wildman–Crippen LogP) is 3.07. The average molecular weight is 170 g/mol. The maximum atomic E-state index is 5.30. The molecule has 0 rings (SSSR count). The van der Waals surface area contributed by atoms with Gasteiger partial charge >= 0.3 is 0 Å². The molecule has 0 fully saturated rings. The minimum atomic E-state index is -0.183. The number of allylic oxidation sites excluding steroid dienone is 2. The van der Waals surface area contributed by atoms with Gasteiger partial charge in [0.1, 0.15) is 0 Å². The Kier molecular flexibility index (Phi) is 6.25. The van der Waals surface area contributed by atoms with Crippen molar-refractivity contribution in [2.75, 3.05) is 0 Å². The van der Waals surface area contributed by atoms with Crippen LogP contribution in [-0.2, 0) is 9.47 Å². The van der Waals surface area contributed by atoms with Crippen molar-refractivity contribution < 1.29 is 9.47 Å². The molecule has 12 heavy (non-hydrogen) atoms. The van der Waals surface area contributed by atoms with E-state index >= 15 is 0 Å². The smallest absolute Gasteiger partial charge is 0.241 e. The minimum absolute atomic E-state index is 0.183. The molecule has 0 aromatic rings. The zero-order valence-corrected chi connectivity index (χ0v) is 8.28. The summed E-state index contributed by atoms with van der Waals surface area (Å²) in [5.74, 6) is 0.345. The lowest BCUT2D eigenvalue weighted by Gasteiger charge is -2.19. The first-order chi connectivity index (χ1) is 5.72. The summed E-state index contributed by atoms with van der Waals surface area (Å²) in [7, 11) is 0. The van der Waals surface area contributed by atoms with Gasteiger partial charge in [-0.05, 0) is 13.8 Å². The van der Waals surface area contributed by atoms with Crippen LogP contribution >= 0.6 is 0 Å². The zero-order valence-electron chi connectivity index (χ0n) is 8.28. The van der Waals surface area contributed by atoms with Crippen molar-refractivity contribution in [2.24, 2.45) is 5.92 Å². The average Bonchev–Trinajstić information content (AvgIpc) is 2.04. The van der Waals surface area contributed by atoms with Gasteiger partial charge in [0.2, 0.25) is 6.29 Å². The number of rotatable bonds is 5. The molecule has 0 saturated carbocycles. The summed E-state index contributed by atoms with van der Waals surface area (Å²) in [6.07, 6.45) is 6.79. The minimum Gasteiger partial charge on any atom is -0.463 e. The Balaban J connectivity index is 3.86. The van der Waals surface area contributed by atoms with Crippen LogP contribution in [0.4, 0.5) is 0 Å². The largest absolute Gasteiger partial charge is 0.463 e. The van der Waals surface area contributed by atoms with Crippen molar-refractivity contribution in [1.82, 2.24) is 0 Å². The molecule has 0 amide bonds. The van der Waals surface area contributed by atoms with Crippen LogP contribution in [0.2, 0.25) is 0 Å². The molecule has 0 aliphatic rings. The Bertz CT molecular complexity index is 134. The zero-order chi connectivity index (χ0) is 9.40. The lowest BCUT2D eigenvalue weighted by Crippen LogP contribution is -2.18. The topological polar surface area (TPSA) is 18.5 Å². The summed E-state index contributed by atoms with van der Waals surface area (Å²) >= 11 is 0. The Hall–Kier alpha value is -0.920. The van der Waals surface area contributed by atoms with E-state index in [2.05, 4.69) is 13.8 Å². The number of hydrogen-bond donors (Lipinski definition) is 0. The third kappa shape index (κ3) is 4.83. The fourth-order valence-electron chi connectivity index (χ4n) is 0.658. The summed E-state index contributed by atoms with van der Waals surface area (Å²) in [6, 6.07) is 0. The first-order valence-electron chi connectivity index (χ1n) is 4.25. The van der Waals surface area contributed by atoms with E-state index in [1.165, 1.54) is 0 Å². The molecule has 0 saturated heterocycles. The maximum Gasteiger partial charge on any atom is 0.241 e. The maximum absolute atomic E-state index is 5.30. The van der Waals surface area contributed by atoms with Crippen LogP contribution in [0.15, 0.2) is 24.7 Å². The molecular weight excluding hydrogens is 152 g/mol. The van der Waals surface area contributed by atoms with Gasteiger partial charge in [-0.1, -0.05) is 26.0 Å². The predicted molar refractivity (Wildman–Crippen MR) is 50.4 cm³/mol. The van der Waals surface area contributed by atoms with E-state index in [4.69, 9.17) is 9.47 Å². The van der Waals surface area contributed by atoms with Gasteiger partial charge in [-0.15, -0.1) is 0 Å². The van der Waals surface area contributed by atoms with E-state index in [0.717, 1.165) is 0 Å². The van der Waals surface area contributed by atoms with Gasteiger partial charge in [-0.2, -0.15) is 0 Å². The molecule has 0 radical (unpaired) electrons. The van der Waals surface area contributed by atoms with E-state index in [0.29, 0.717) is 5.92 Å². The molecule has 0 N–H and O–H groups in total. The van der Waals surface area contributed by atoms with Crippen molar-refractivity contribution in [3.8, 4) is 0 Å². The molecule has 0 aromatic carbocycles. The summed E-state index contributed by atoms with van der Waals surface area (Å²) < 4.78 is 10.6. The fourth-order valence-corrected chi connectivity index (χ4v) is 0.658. The molecule has 0 spiro atoms. The lowest BCUT2D eigenvalue weighted by atomic mass is 10.2. The Labute approximate surface area is 74.9 Å². The second kappa shape index (κ2) is 6.77. The van der Waals surface area contributed by atoms with Crippen LogP contribution in [0.25, 0.3) is 0 Å². The Morgan fingerprint density at radius 3 is 1.58 bits per heavy atom. The van der Waals surface area contributed by atoms with Gasteiger partial charge in [-0.25, -0.2) is 0 Å². The molecule has 0 atom stereocenters. The third-order valence-electron chi connectivity index (χ3n) is 1.24. The van der Waals surface area contributed by atoms with Crippen molar-refractivity contribution in [2.45, 2.75) is 34.0 Å². The monoisotopic (exact) mass is 170 g/mol. The van der Waals surface area contributed by atoms with E-state index in [9.17, 15) is 0 Å². The molecule has 2 nitrogen and oxygen atoms in total. The van der Waals surface area contributed by atoms with E-state index in [1.807, 2.05) is 26.0 Å². The van der Waals surface area contributed by atoms with E-state index < -0.39 is 0 Å². The van der Waals surface area contributed by atoms with Crippen molar-refractivity contribution >= 4 is 0 Å². The molecule has 2 heteroatoms. The summed E-state index contributed by atoms with van der Waals surface area (Å²) in [5.41, 5.74) is 0. The van der Waals surface area contributed by atoms with Gasteiger partial charge in [0.05, 0.1) is 12.5 Å². The highest BCUT2D eigenvalue weighted by molar-refractivity contribution is 4.71. The van der Waals surface area contributed by atoms with Crippen LogP contribution in [0, 0.1) is 5.92 Å². The highest BCUT2D eigenvalue weighted by Crippen LogP contribution is 2.08. The van der Waals surface area contributed by atoms with E-state index in [1.54, 1.807) is 12.5 Å². The van der Waals surface area contributed by atoms with Crippen LogP contribution in [-0.4, -0.2) is 6.29 Å². The number of ether oxygens (including phenoxy) is 2. The normalized spacial score (nSPS) is 12.2. The molecule has 0 aromatic heterocycles. The second-order valence-corrected chi connectivity index (χ2v) is 2.82. The molecule has 0 bridgehead atoms. The Morgan fingerprint density at radius 1 is 0.917 bits per heavy atom.